The predicted molar refractivity (Wildman–Crippen MR) is 121 cm³/mol. The van der Waals surface area contributed by atoms with Gasteiger partial charge in [0.05, 0.1) is 7.11 Å². The summed E-state index contributed by atoms with van der Waals surface area (Å²) < 4.78 is 5.74. The van der Waals surface area contributed by atoms with Gasteiger partial charge in [0.25, 0.3) is 0 Å². The van der Waals surface area contributed by atoms with Crippen molar-refractivity contribution in [1.82, 2.24) is 14.5 Å². The molecule has 0 aromatic carbocycles. The van der Waals surface area contributed by atoms with E-state index in [2.05, 4.69) is 52.1 Å². The number of halogens is 1. The van der Waals surface area contributed by atoms with Gasteiger partial charge < -0.3 is 15.0 Å². The van der Waals surface area contributed by atoms with Crippen molar-refractivity contribution < 1.29 is 28.7 Å². The van der Waals surface area contributed by atoms with Crippen LogP contribution < -0.4 is 5.32 Å². The molecule has 2 aliphatic carbocycles. The summed E-state index contributed by atoms with van der Waals surface area (Å²) in [5.74, 6) is -2.42. The van der Waals surface area contributed by atoms with E-state index < -0.39 is 35.2 Å². The van der Waals surface area contributed by atoms with Gasteiger partial charge in [-0.3, -0.25) is 19.2 Å². The quantitative estimate of drug-likeness (QED) is 0.146. The number of alkyl halides is 1. The number of imide groups is 1. The molecule has 2 saturated heterocycles. The molecule has 0 aromatic heterocycles. The number of hydrogen-bond donors (Lipinski definition) is 1. The third-order valence-corrected chi connectivity index (χ3v) is 7.08. The number of rotatable bonds is 7. The van der Waals surface area contributed by atoms with Crippen LogP contribution in [0.5, 0.6) is 0 Å². The minimum absolute atomic E-state index is 0.0891. The zero-order valence-corrected chi connectivity index (χ0v) is 19.9. The molecule has 2 fully saturated rings. The fourth-order valence-corrected chi connectivity index (χ4v) is 4.92. The van der Waals surface area contributed by atoms with Crippen LogP contribution in [0.15, 0.2) is 36.4 Å². The van der Waals surface area contributed by atoms with Gasteiger partial charge in [-0.2, -0.15) is 0 Å². The van der Waals surface area contributed by atoms with Crippen molar-refractivity contribution in [2.75, 3.05) is 12.4 Å². The van der Waals surface area contributed by atoms with Crippen LogP contribution in [0.4, 0.5) is 0 Å². The van der Waals surface area contributed by atoms with E-state index in [1.165, 1.54) is 30.1 Å². The largest absolute Gasteiger partial charge is 0.467 e. The number of carbonyl (C=O) groups is 5. The van der Waals surface area contributed by atoms with Crippen molar-refractivity contribution in [1.29, 1.82) is 0 Å². The summed E-state index contributed by atoms with van der Waals surface area (Å²) in [6, 6.07) is 6.42. The highest BCUT2D eigenvalue weighted by Crippen LogP contribution is 2.38. The Morgan fingerprint density at radius 1 is 1.25 bits per heavy atom. The summed E-state index contributed by atoms with van der Waals surface area (Å²) in [6.45, 7) is 5.03. The number of ether oxygens (including phenoxy) is 1. The summed E-state index contributed by atoms with van der Waals surface area (Å²) in [5.41, 5.74) is 3.22. The second-order valence-corrected chi connectivity index (χ2v) is 8.92. The molecule has 2 heterocycles. The van der Waals surface area contributed by atoms with Gasteiger partial charge in [0.2, 0.25) is 23.6 Å². The highest BCUT2D eigenvalue weighted by Gasteiger charge is 2.56. The Morgan fingerprint density at radius 3 is 2.25 bits per heavy atom. The molecule has 11 heteroatoms. The van der Waals surface area contributed by atoms with Crippen LogP contribution >= 0.6 is 27.9 Å². The Bertz CT molecular complexity index is 950. The highest BCUT2D eigenvalue weighted by atomic mass is 79.9. The second-order valence-electron chi connectivity index (χ2n) is 7.30. The first kappa shape index (κ1) is 24.0. The zero-order valence-electron chi connectivity index (χ0n) is 17.5. The van der Waals surface area contributed by atoms with Crippen LogP contribution in [0.1, 0.15) is 19.8 Å². The maximum atomic E-state index is 12.6. The molecule has 32 heavy (non-hydrogen) atoms. The lowest BCUT2D eigenvalue weighted by Crippen LogP contribution is -2.73. The van der Waals surface area contributed by atoms with E-state index in [0.717, 1.165) is 16.3 Å². The third-order valence-electron chi connectivity index (χ3n) is 5.03. The standard InChI is InChI=1S/C15H18BrN3O6S.C6H4/c1-7(6-16)12(15(24)25-3)18-13(23)11(17-8(2)20)14(18)26-19-9(21)4-5-10(19)22;1-2-5-4-6(5)3-1/h11-12,14H,1,4-6H2,2-3H3,(H,17,20);1-4H. The van der Waals surface area contributed by atoms with E-state index in [-0.39, 0.29) is 30.0 Å². The second kappa shape index (κ2) is 9.86. The van der Waals surface area contributed by atoms with Gasteiger partial charge in [0, 0.05) is 25.1 Å². The van der Waals surface area contributed by atoms with Crippen molar-refractivity contribution in [3.63, 3.8) is 0 Å². The van der Waals surface area contributed by atoms with Gasteiger partial charge in [-0.25, -0.2) is 9.10 Å². The number of hydrogen-bond acceptors (Lipinski definition) is 7. The van der Waals surface area contributed by atoms with E-state index in [0.29, 0.717) is 5.57 Å². The average Bonchev–Trinajstić information content (AvgIpc) is 3.24. The summed E-state index contributed by atoms with van der Waals surface area (Å²) >= 11 is 4.01. The Labute approximate surface area is 197 Å². The molecule has 1 N–H and O–H groups in total. The first-order chi connectivity index (χ1) is 15.2. The third kappa shape index (κ3) is 4.88. The molecule has 9 nitrogen and oxygen atoms in total. The molecule has 0 aromatic rings. The molecule has 4 rings (SSSR count). The normalized spacial score (nSPS) is 21.3. The molecule has 4 aliphatic rings. The van der Waals surface area contributed by atoms with Gasteiger partial charge in [0.1, 0.15) is 11.4 Å². The van der Waals surface area contributed by atoms with Crippen LogP contribution in [-0.4, -0.2) is 68.7 Å². The Kier molecular flexibility index (Phi) is 7.40. The topological polar surface area (TPSA) is 113 Å². The number of esters is 1. The molecule has 2 aliphatic heterocycles. The Balaban J connectivity index is 0.000000405. The summed E-state index contributed by atoms with van der Waals surface area (Å²) in [4.78, 5) is 61.2. The summed E-state index contributed by atoms with van der Waals surface area (Å²) in [7, 11) is 1.18. The average molecular weight is 524 g/mol. The number of fused-ring (bicyclic) bond motifs is 1. The number of nitrogens with one attached hydrogen (secondary N) is 1. The van der Waals surface area contributed by atoms with Crippen molar-refractivity contribution in [3.05, 3.63) is 36.4 Å². The van der Waals surface area contributed by atoms with Gasteiger partial charge >= 0.3 is 5.97 Å². The fraction of sp³-hybridized carbons (Fsp3) is 0.381. The Morgan fingerprint density at radius 2 is 1.84 bits per heavy atom. The molecule has 3 atom stereocenters. The zero-order chi connectivity index (χ0) is 23.6. The highest BCUT2D eigenvalue weighted by molar-refractivity contribution is 9.09. The lowest BCUT2D eigenvalue weighted by Gasteiger charge is -2.49. The molecule has 170 valence electrons. The van der Waals surface area contributed by atoms with Crippen LogP contribution in [0.3, 0.4) is 0 Å². The molecule has 0 saturated carbocycles. The van der Waals surface area contributed by atoms with Gasteiger partial charge in [0.15, 0.2) is 6.04 Å². The van der Waals surface area contributed by atoms with Crippen molar-refractivity contribution in [2.24, 2.45) is 0 Å². The van der Waals surface area contributed by atoms with Crippen molar-refractivity contribution in [3.8, 4) is 11.1 Å². The summed E-state index contributed by atoms with van der Waals surface area (Å²) in [6.07, 6.45) is 0.178. The van der Waals surface area contributed by atoms with Crippen LogP contribution in [-0.2, 0) is 28.7 Å². The van der Waals surface area contributed by atoms with Crippen molar-refractivity contribution >= 4 is 57.5 Å². The van der Waals surface area contributed by atoms with E-state index in [1.54, 1.807) is 0 Å². The minimum Gasteiger partial charge on any atom is -0.467 e. The SMILES string of the molecule is C=C(CBr)C(C(=O)OC)N1C(=O)C(NC(C)=O)C1SN1C(=O)CCC1=O.c1cc2cc-2c1. The summed E-state index contributed by atoms with van der Waals surface area (Å²) in [5, 5.41) is 1.90. The molecule has 0 spiro atoms. The first-order valence-corrected chi connectivity index (χ1v) is 11.7. The number of β-lactam (4-membered cyclic amide) rings is 1. The van der Waals surface area contributed by atoms with Crippen molar-refractivity contribution in [2.45, 2.75) is 37.2 Å². The number of carbonyl (C=O) groups excluding carboxylic acids is 5. The molecule has 4 amide bonds. The van der Waals surface area contributed by atoms with E-state index in [4.69, 9.17) is 4.74 Å². The fourth-order valence-electron chi connectivity index (χ4n) is 3.34. The molecule has 0 bridgehead atoms. The van der Waals surface area contributed by atoms with Crippen LogP contribution in [0.25, 0.3) is 11.1 Å². The number of amides is 4. The van der Waals surface area contributed by atoms with E-state index in [9.17, 15) is 24.0 Å². The predicted octanol–water partition coefficient (Wildman–Crippen LogP) is 1.62. The monoisotopic (exact) mass is 523 g/mol. The molecule has 3 unspecified atom stereocenters. The van der Waals surface area contributed by atoms with Gasteiger partial charge in [-0.1, -0.05) is 40.7 Å². The van der Waals surface area contributed by atoms with Crippen LogP contribution in [0.2, 0.25) is 0 Å². The first-order valence-electron chi connectivity index (χ1n) is 9.73. The smallest absolute Gasteiger partial charge is 0.332 e. The van der Waals surface area contributed by atoms with Gasteiger partial charge in [-0.15, -0.1) is 0 Å². The lowest BCUT2D eigenvalue weighted by atomic mass is 9.99. The maximum Gasteiger partial charge on any atom is 0.332 e. The number of likely N-dealkylation sites (tertiary alicyclic amines) is 1. The molecular weight excluding hydrogens is 502 g/mol. The van der Waals surface area contributed by atoms with E-state index >= 15 is 0 Å². The molecule has 0 radical (unpaired) electrons. The van der Waals surface area contributed by atoms with Gasteiger partial charge in [-0.05, 0) is 34.7 Å². The van der Waals surface area contributed by atoms with E-state index in [1.807, 2.05) is 0 Å². The number of methoxy groups -OCH3 is 1. The minimum atomic E-state index is -1.10. The maximum absolute atomic E-state index is 12.6. The number of benzene rings is 1. The molecular formula is C21H22BrN3O6S. The lowest BCUT2D eigenvalue weighted by molar-refractivity contribution is -0.161. The number of nitrogens with zero attached hydrogens (tertiary/aromatic N) is 2. The Hall–Kier alpha value is -2.66. The van der Waals surface area contributed by atoms with Crippen LogP contribution in [0, 0.1) is 0 Å².